The van der Waals surface area contributed by atoms with E-state index < -0.39 is 0 Å². The monoisotopic (exact) mass is 371 g/mol. The van der Waals surface area contributed by atoms with E-state index in [9.17, 15) is 4.79 Å². The molecule has 0 saturated carbocycles. The average Bonchev–Trinajstić information content (AvgIpc) is 3.10. The minimum Gasteiger partial charge on any atom is -0.346 e. The minimum absolute atomic E-state index is 0. The fourth-order valence-corrected chi connectivity index (χ4v) is 2.70. The fourth-order valence-electron chi connectivity index (χ4n) is 2.70. The van der Waals surface area contributed by atoms with Crippen LogP contribution in [-0.4, -0.2) is 37.2 Å². The van der Waals surface area contributed by atoms with Crippen LogP contribution in [0.2, 0.25) is 0 Å². The number of hydrogen-bond acceptors (Lipinski definition) is 6. The largest absolute Gasteiger partial charge is 0.346 e. The van der Waals surface area contributed by atoms with Crippen molar-refractivity contribution in [1.29, 1.82) is 0 Å². The van der Waals surface area contributed by atoms with E-state index in [0.29, 0.717) is 17.9 Å². The van der Waals surface area contributed by atoms with Crippen LogP contribution < -0.4 is 10.6 Å². The lowest BCUT2D eigenvalue weighted by Gasteiger charge is -2.13. The van der Waals surface area contributed by atoms with E-state index in [1.165, 1.54) is 12.4 Å². The highest BCUT2D eigenvalue weighted by Crippen LogP contribution is 2.12. The molecule has 0 fully saturated rings. The third kappa shape index (κ3) is 3.87. The molecule has 4 heterocycles. The zero-order valence-electron chi connectivity index (χ0n) is 13.9. The van der Waals surface area contributed by atoms with Crippen molar-refractivity contribution in [2.24, 2.45) is 0 Å². The Morgan fingerprint density at radius 3 is 2.85 bits per heavy atom. The molecule has 0 radical (unpaired) electrons. The summed E-state index contributed by atoms with van der Waals surface area (Å²) in [6.07, 6.45) is 6.42. The van der Waals surface area contributed by atoms with E-state index in [-0.39, 0.29) is 18.3 Å². The van der Waals surface area contributed by atoms with E-state index >= 15 is 0 Å². The number of halogens is 1. The Bertz CT molecular complexity index is 856. The van der Waals surface area contributed by atoms with Gasteiger partial charge in [0.2, 0.25) is 0 Å². The molecule has 3 aromatic rings. The second-order valence-corrected chi connectivity index (χ2v) is 5.75. The predicted molar refractivity (Wildman–Crippen MR) is 97.6 cm³/mol. The molecule has 4 rings (SSSR count). The maximum absolute atomic E-state index is 12.3. The summed E-state index contributed by atoms with van der Waals surface area (Å²) in [5, 5.41) is 10.6. The van der Waals surface area contributed by atoms with Crippen molar-refractivity contribution in [3.8, 4) is 11.4 Å². The number of carbonyl (C=O) groups is 1. The minimum atomic E-state index is -0.221. The Balaban J connectivity index is 0.00000196. The summed E-state index contributed by atoms with van der Waals surface area (Å²) < 4.78 is 1.98. The smallest absolute Gasteiger partial charge is 0.254 e. The zero-order valence-corrected chi connectivity index (χ0v) is 14.7. The Hall–Kier alpha value is -2.84. The zero-order chi connectivity index (χ0) is 17.1. The van der Waals surface area contributed by atoms with Gasteiger partial charge in [-0.05, 0) is 18.2 Å². The van der Waals surface area contributed by atoms with Crippen LogP contribution in [0, 0.1) is 0 Å². The number of carbonyl (C=O) groups excluding carboxylic acids is 1. The van der Waals surface area contributed by atoms with E-state index in [0.717, 1.165) is 36.6 Å². The molecule has 134 valence electrons. The van der Waals surface area contributed by atoms with Gasteiger partial charge in [-0.2, -0.15) is 5.10 Å². The third-order valence-electron chi connectivity index (χ3n) is 3.98. The number of amides is 1. The average molecular weight is 372 g/mol. The van der Waals surface area contributed by atoms with Crippen LogP contribution in [0.4, 0.5) is 0 Å². The molecule has 0 unspecified atom stereocenters. The van der Waals surface area contributed by atoms with Crippen molar-refractivity contribution >= 4 is 18.3 Å². The highest BCUT2D eigenvalue weighted by Gasteiger charge is 2.13. The Morgan fingerprint density at radius 1 is 1.27 bits per heavy atom. The van der Waals surface area contributed by atoms with Gasteiger partial charge in [-0.15, -0.1) is 12.4 Å². The van der Waals surface area contributed by atoms with Gasteiger partial charge in [-0.25, -0.2) is 9.97 Å². The molecule has 1 aliphatic heterocycles. The Morgan fingerprint density at radius 2 is 2.12 bits per heavy atom. The first-order valence-corrected chi connectivity index (χ1v) is 8.06. The van der Waals surface area contributed by atoms with Crippen molar-refractivity contribution in [3.05, 3.63) is 59.9 Å². The van der Waals surface area contributed by atoms with E-state index in [2.05, 4.69) is 30.7 Å². The number of aromatic nitrogens is 5. The van der Waals surface area contributed by atoms with Crippen molar-refractivity contribution in [1.82, 2.24) is 35.4 Å². The number of fused-ring (bicyclic) bond motifs is 1. The first-order chi connectivity index (χ1) is 12.3. The Kier molecular flexibility index (Phi) is 5.55. The number of nitrogens with one attached hydrogen (secondary N) is 2. The number of nitrogens with zero attached hydrogens (tertiary/aromatic N) is 5. The van der Waals surface area contributed by atoms with Crippen molar-refractivity contribution < 1.29 is 4.79 Å². The normalized spacial score (nSPS) is 12.8. The summed E-state index contributed by atoms with van der Waals surface area (Å²) in [6.45, 7) is 2.96. The van der Waals surface area contributed by atoms with Gasteiger partial charge >= 0.3 is 0 Å². The number of hydrogen-bond donors (Lipinski definition) is 2. The lowest BCUT2D eigenvalue weighted by atomic mass is 10.2. The van der Waals surface area contributed by atoms with Crippen LogP contribution in [-0.2, 0) is 19.6 Å². The van der Waals surface area contributed by atoms with Crippen molar-refractivity contribution in [2.75, 3.05) is 6.54 Å². The molecule has 0 aromatic carbocycles. The third-order valence-corrected chi connectivity index (χ3v) is 3.98. The SMILES string of the molecule is Cl.O=C(NCc1cc2n(n1)CCNC2)c1cnc(-c2cccnc2)nc1. The maximum atomic E-state index is 12.3. The predicted octanol–water partition coefficient (Wildman–Crippen LogP) is 1.19. The fraction of sp³-hybridized carbons (Fsp3) is 0.235. The van der Waals surface area contributed by atoms with Gasteiger partial charge in [0.25, 0.3) is 5.91 Å². The second kappa shape index (κ2) is 8.03. The lowest BCUT2D eigenvalue weighted by molar-refractivity contribution is 0.0949. The molecule has 3 aromatic heterocycles. The summed E-state index contributed by atoms with van der Waals surface area (Å²) >= 11 is 0. The highest BCUT2D eigenvalue weighted by atomic mass is 35.5. The summed E-state index contributed by atoms with van der Waals surface area (Å²) in [6, 6.07) is 5.70. The first kappa shape index (κ1) is 18.0. The van der Waals surface area contributed by atoms with Crippen molar-refractivity contribution in [2.45, 2.75) is 19.6 Å². The number of rotatable bonds is 4. The quantitative estimate of drug-likeness (QED) is 0.715. The van der Waals surface area contributed by atoms with Gasteiger partial charge in [-0.1, -0.05) is 0 Å². The molecule has 0 saturated heterocycles. The van der Waals surface area contributed by atoms with Crippen LogP contribution >= 0.6 is 12.4 Å². The standard InChI is InChI=1S/C17H17N7O.ClH/c25-17(22-10-14-6-15-11-19-4-5-24(15)23-14)13-8-20-16(21-9-13)12-2-1-3-18-7-12;/h1-3,6-9,19H,4-5,10-11H2,(H,22,25);1H. The summed E-state index contributed by atoms with van der Waals surface area (Å²) in [7, 11) is 0. The molecule has 26 heavy (non-hydrogen) atoms. The molecule has 1 aliphatic rings. The van der Waals surface area contributed by atoms with E-state index in [1.807, 2.05) is 22.9 Å². The van der Waals surface area contributed by atoms with Gasteiger partial charge in [0.1, 0.15) is 0 Å². The molecular weight excluding hydrogens is 354 g/mol. The molecule has 2 N–H and O–H groups in total. The molecular formula is C17H18ClN7O. The molecule has 8 nitrogen and oxygen atoms in total. The summed E-state index contributed by atoms with van der Waals surface area (Å²) in [5.41, 5.74) is 3.21. The molecule has 0 spiro atoms. The van der Waals surface area contributed by atoms with Crippen LogP contribution in [0.25, 0.3) is 11.4 Å². The summed E-state index contributed by atoms with van der Waals surface area (Å²) in [4.78, 5) is 24.8. The van der Waals surface area contributed by atoms with Gasteiger partial charge in [0.15, 0.2) is 5.82 Å². The topological polar surface area (TPSA) is 97.6 Å². The van der Waals surface area contributed by atoms with Gasteiger partial charge in [0.05, 0.1) is 30.0 Å². The molecule has 9 heteroatoms. The van der Waals surface area contributed by atoms with Crippen LogP contribution in [0.15, 0.2) is 43.0 Å². The first-order valence-electron chi connectivity index (χ1n) is 8.06. The van der Waals surface area contributed by atoms with Crippen LogP contribution in [0.3, 0.4) is 0 Å². The molecule has 0 aliphatic carbocycles. The summed E-state index contributed by atoms with van der Waals surface area (Å²) in [5.74, 6) is 0.320. The molecule has 1 amide bonds. The van der Waals surface area contributed by atoms with Gasteiger partial charge < -0.3 is 10.6 Å². The van der Waals surface area contributed by atoms with Crippen LogP contribution in [0.1, 0.15) is 21.7 Å². The number of pyridine rings is 1. The van der Waals surface area contributed by atoms with E-state index in [1.54, 1.807) is 12.4 Å². The molecule has 0 atom stereocenters. The highest BCUT2D eigenvalue weighted by molar-refractivity contribution is 5.93. The van der Waals surface area contributed by atoms with Crippen LogP contribution in [0.5, 0.6) is 0 Å². The van der Waals surface area contributed by atoms with Crippen molar-refractivity contribution in [3.63, 3.8) is 0 Å². The van der Waals surface area contributed by atoms with Gasteiger partial charge in [-0.3, -0.25) is 14.5 Å². The van der Waals surface area contributed by atoms with Gasteiger partial charge in [0, 0.05) is 43.4 Å². The molecule has 0 bridgehead atoms. The lowest BCUT2D eigenvalue weighted by Crippen LogP contribution is -2.28. The Labute approximate surface area is 156 Å². The maximum Gasteiger partial charge on any atom is 0.254 e. The second-order valence-electron chi connectivity index (χ2n) is 5.75. The van der Waals surface area contributed by atoms with E-state index in [4.69, 9.17) is 0 Å².